The molecule has 1 spiro atoms. The first-order valence-electron chi connectivity index (χ1n) is 23.1. The summed E-state index contributed by atoms with van der Waals surface area (Å²) >= 11 is 0. The monoisotopic (exact) mass is 842 g/mol. The number of hydrogen-bond donors (Lipinski definition) is 0. The number of para-hydroxylation sites is 3. The lowest BCUT2D eigenvalue weighted by atomic mass is 9.64. The molecule has 0 amide bonds. The van der Waals surface area contributed by atoms with Crippen LogP contribution in [-0.4, -0.2) is 0 Å². The largest absolute Gasteiger partial charge is 0.310 e. The molecule has 0 saturated heterocycles. The van der Waals surface area contributed by atoms with E-state index < -0.39 is 5.41 Å². The number of anilines is 6. The fraction of sp³-hybridized carbons (Fsp3) is 0.0625. The number of nitrogens with zero attached hydrogens (tertiary/aromatic N) is 2. The van der Waals surface area contributed by atoms with Gasteiger partial charge in [-0.1, -0.05) is 196 Å². The van der Waals surface area contributed by atoms with Gasteiger partial charge in [0.25, 0.3) is 0 Å². The molecule has 0 radical (unpaired) electrons. The van der Waals surface area contributed by atoms with Crippen LogP contribution in [0.3, 0.4) is 0 Å². The van der Waals surface area contributed by atoms with E-state index in [-0.39, 0.29) is 5.41 Å². The average Bonchev–Trinajstić information content (AvgIpc) is 3.79. The van der Waals surface area contributed by atoms with Crippen LogP contribution in [-0.2, 0) is 10.8 Å². The van der Waals surface area contributed by atoms with E-state index in [0.717, 1.165) is 22.7 Å². The molecule has 2 aliphatic carbocycles. The van der Waals surface area contributed by atoms with E-state index in [4.69, 9.17) is 0 Å². The molecule has 3 aliphatic rings. The first kappa shape index (κ1) is 38.3. The standard InChI is InChI=1S/C64H46N2/c1-63(2)55-30-13-11-28-51(55)53-38-36-47(41-59(53)63)65(46-25-19-22-44(40-46)50-27-10-9-26-49(50)43-20-5-3-6-21-43)48-37-39-54-52-29-12-14-31-56(52)64(60(54)42-48)57-32-15-17-34-61(57)66(45-23-7-4-8-24-45)62-35-18-16-33-58(62)64/h3-42H,1-2H3. The maximum Gasteiger partial charge on any atom is 0.0755 e. The van der Waals surface area contributed by atoms with E-state index >= 15 is 0 Å². The van der Waals surface area contributed by atoms with Gasteiger partial charge < -0.3 is 9.80 Å². The van der Waals surface area contributed by atoms with Crippen molar-refractivity contribution in [3.05, 3.63) is 276 Å². The van der Waals surface area contributed by atoms with Gasteiger partial charge in [-0.15, -0.1) is 0 Å². The number of hydrogen-bond acceptors (Lipinski definition) is 2. The second kappa shape index (κ2) is 14.7. The van der Waals surface area contributed by atoms with E-state index in [9.17, 15) is 0 Å². The molecule has 0 aromatic heterocycles. The Bertz CT molecular complexity index is 3480. The highest BCUT2D eigenvalue weighted by Gasteiger charge is 2.52. The molecule has 2 heteroatoms. The normalized spacial score (nSPS) is 14.1. The Kier molecular flexibility index (Phi) is 8.51. The van der Waals surface area contributed by atoms with E-state index in [2.05, 4.69) is 266 Å². The highest BCUT2D eigenvalue weighted by Crippen LogP contribution is 2.64. The lowest BCUT2D eigenvalue weighted by molar-refractivity contribution is 0.660. The van der Waals surface area contributed by atoms with Crippen LogP contribution in [0.25, 0.3) is 44.5 Å². The minimum absolute atomic E-state index is 0.159. The molecule has 66 heavy (non-hydrogen) atoms. The van der Waals surface area contributed by atoms with Crippen molar-refractivity contribution in [3.8, 4) is 44.5 Å². The number of benzene rings is 10. The third-order valence-corrected chi connectivity index (χ3v) is 14.7. The van der Waals surface area contributed by atoms with E-state index in [1.807, 2.05) is 0 Å². The molecular formula is C64H46N2. The Hall–Kier alpha value is -8.20. The third kappa shape index (κ3) is 5.48. The Morgan fingerprint density at radius 2 is 0.742 bits per heavy atom. The van der Waals surface area contributed by atoms with Crippen molar-refractivity contribution in [3.63, 3.8) is 0 Å². The first-order chi connectivity index (χ1) is 32.5. The minimum atomic E-state index is -0.579. The van der Waals surface area contributed by atoms with Crippen LogP contribution in [0.5, 0.6) is 0 Å². The van der Waals surface area contributed by atoms with Crippen molar-refractivity contribution in [1.29, 1.82) is 0 Å². The molecule has 10 aromatic carbocycles. The number of fused-ring (bicyclic) bond motifs is 12. The SMILES string of the molecule is CC1(C)c2ccccc2-c2ccc(N(c3cccc(-c4ccccc4-c4ccccc4)c3)c3ccc4c(c3)C3(c5ccccc5-4)c4ccccc4N(c4ccccc4)c4ccccc43)cc21. The summed E-state index contributed by atoms with van der Waals surface area (Å²) in [6.07, 6.45) is 0. The van der Waals surface area contributed by atoms with Gasteiger partial charge in [0.2, 0.25) is 0 Å². The maximum atomic E-state index is 2.51. The lowest BCUT2D eigenvalue weighted by Gasteiger charge is -2.45. The minimum Gasteiger partial charge on any atom is -0.310 e. The average molecular weight is 843 g/mol. The Morgan fingerprint density at radius 1 is 0.303 bits per heavy atom. The molecule has 0 atom stereocenters. The predicted molar refractivity (Wildman–Crippen MR) is 275 cm³/mol. The topological polar surface area (TPSA) is 6.48 Å². The zero-order valence-corrected chi connectivity index (χ0v) is 37.0. The molecule has 2 nitrogen and oxygen atoms in total. The third-order valence-electron chi connectivity index (χ3n) is 14.7. The molecule has 0 unspecified atom stereocenters. The second-order valence-electron chi connectivity index (χ2n) is 18.4. The van der Waals surface area contributed by atoms with Crippen LogP contribution in [0.1, 0.15) is 47.2 Å². The highest BCUT2D eigenvalue weighted by molar-refractivity contribution is 5.97. The molecule has 312 valence electrons. The van der Waals surface area contributed by atoms with Crippen LogP contribution in [0.4, 0.5) is 34.1 Å². The van der Waals surface area contributed by atoms with Gasteiger partial charge in [-0.3, -0.25) is 0 Å². The van der Waals surface area contributed by atoms with Crippen LogP contribution in [0, 0.1) is 0 Å². The summed E-state index contributed by atoms with van der Waals surface area (Å²) < 4.78 is 0. The van der Waals surface area contributed by atoms with Gasteiger partial charge in [0.05, 0.1) is 16.8 Å². The van der Waals surface area contributed by atoms with Gasteiger partial charge in [0.1, 0.15) is 0 Å². The van der Waals surface area contributed by atoms with Gasteiger partial charge in [0.15, 0.2) is 0 Å². The fourth-order valence-corrected chi connectivity index (χ4v) is 11.8. The molecule has 0 fully saturated rings. The van der Waals surface area contributed by atoms with Crippen LogP contribution >= 0.6 is 0 Å². The van der Waals surface area contributed by atoms with Crippen LogP contribution < -0.4 is 9.80 Å². The van der Waals surface area contributed by atoms with Gasteiger partial charge in [-0.2, -0.15) is 0 Å². The van der Waals surface area contributed by atoms with E-state index in [0.29, 0.717) is 0 Å². The van der Waals surface area contributed by atoms with Crippen LogP contribution in [0.15, 0.2) is 243 Å². The van der Waals surface area contributed by atoms with E-state index in [1.54, 1.807) is 0 Å². The van der Waals surface area contributed by atoms with Gasteiger partial charge >= 0.3 is 0 Å². The molecule has 10 aromatic rings. The maximum absolute atomic E-state index is 2.51. The van der Waals surface area contributed by atoms with Crippen molar-refractivity contribution >= 4 is 34.1 Å². The quantitative estimate of drug-likeness (QED) is 0.165. The van der Waals surface area contributed by atoms with E-state index in [1.165, 1.54) is 89.3 Å². The first-order valence-corrected chi connectivity index (χ1v) is 23.1. The van der Waals surface area contributed by atoms with Crippen molar-refractivity contribution in [1.82, 2.24) is 0 Å². The van der Waals surface area contributed by atoms with Crippen LogP contribution in [0.2, 0.25) is 0 Å². The zero-order chi connectivity index (χ0) is 44.0. The summed E-state index contributed by atoms with van der Waals surface area (Å²) in [7, 11) is 0. The fourth-order valence-electron chi connectivity index (χ4n) is 11.8. The Labute approximate surface area is 387 Å². The summed E-state index contributed by atoms with van der Waals surface area (Å²) in [5, 5.41) is 0. The predicted octanol–water partition coefficient (Wildman–Crippen LogP) is 16.9. The summed E-state index contributed by atoms with van der Waals surface area (Å²) in [5.41, 5.74) is 24.0. The molecule has 0 N–H and O–H groups in total. The Balaban J connectivity index is 1.06. The molecule has 0 bridgehead atoms. The Morgan fingerprint density at radius 3 is 1.39 bits per heavy atom. The summed E-state index contributed by atoms with van der Waals surface area (Å²) in [4.78, 5) is 4.96. The molecule has 1 aliphatic heterocycles. The summed E-state index contributed by atoms with van der Waals surface area (Å²) in [5.74, 6) is 0. The van der Waals surface area contributed by atoms with Crippen molar-refractivity contribution in [2.75, 3.05) is 9.80 Å². The smallest absolute Gasteiger partial charge is 0.0755 e. The summed E-state index contributed by atoms with van der Waals surface area (Å²) in [6.45, 7) is 4.75. The second-order valence-corrected chi connectivity index (χ2v) is 18.4. The highest BCUT2D eigenvalue weighted by atomic mass is 15.2. The van der Waals surface area contributed by atoms with Gasteiger partial charge in [0, 0.05) is 28.2 Å². The van der Waals surface area contributed by atoms with Crippen molar-refractivity contribution < 1.29 is 0 Å². The van der Waals surface area contributed by atoms with Gasteiger partial charge in [-0.25, -0.2) is 0 Å². The van der Waals surface area contributed by atoms with Crippen molar-refractivity contribution in [2.24, 2.45) is 0 Å². The lowest BCUT2D eigenvalue weighted by Crippen LogP contribution is -2.36. The molecule has 0 saturated carbocycles. The molecular weight excluding hydrogens is 797 g/mol. The summed E-state index contributed by atoms with van der Waals surface area (Å²) in [6, 6.07) is 90.1. The molecule has 1 heterocycles. The number of rotatable bonds is 6. The van der Waals surface area contributed by atoms with Gasteiger partial charge in [-0.05, 0) is 139 Å². The van der Waals surface area contributed by atoms with Crippen molar-refractivity contribution in [2.45, 2.75) is 24.7 Å². The molecule has 13 rings (SSSR count). The zero-order valence-electron chi connectivity index (χ0n) is 37.0.